The van der Waals surface area contributed by atoms with Crippen molar-refractivity contribution in [2.45, 2.75) is 70.4 Å². The topological polar surface area (TPSA) is 75.4 Å². The number of rotatable bonds is 5. The predicted molar refractivity (Wildman–Crippen MR) is 82.6 cm³/mol. The molecule has 0 radical (unpaired) electrons. The Morgan fingerprint density at radius 3 is 2.62 bits per heavy atom. The number of amides is 2. The lowest BCUT2D eigenvalue weighted by Crippen LogP contribution is -2.46. The van der Waals surface area contributed by atoms with Crippen molar-refractivity contribution in [1.29, 1.82) is 0 Å². The minimum Gasteiger partial charge on any atom is -0.345 e. The first-order valence-electron chi connectivity index (χ1n) is 8.40. The normalized spacial score (nSPS) is 27.4. The summed E-state index contributed by atoms with van der Waals surface area (Å²) in [5.74, 6) is 0.624. The fourth-order valence-electron chi connectivity index (χ4n) is 3.52. The molecule has 3 unspecified atom stereocenters. The van der Waals surface area contributed by atoms with E-state index in [4.69, 9.17) is 5.73 Å². The molecule has 120 valence electrons. The summed E-state index contributed by atoms with van der Waals surface area (Å²) in [6.45, 7) is 3.45. The van der Waals surface area contributed by atoms with Gasteiger partial charge >= 0.3 is 0 Å². The van der Waals surface area contributed by atoms with E-state index < -0.39 is 6.04 Å². The molecule has 1 heterocycles. The first-order chi connectivity index (χ1) is 10.1. The van der Waals surface area contributed by atoms with Crippen LogP contribution in [0.3, 0.4) is 0 Å². The summed E-state index contributed by atoms with van der Waals surface area (Å²) in [6, 6.07) is -0.0910. The number of hydrogen-bond donors (Lipinski definition) is 2. The molecule has 1 saturated carbocycles. The Bertz CT molecular complexity index is 367. The van der Waals surface area contributed by atoms with Gasteiger partial charge in [0, 0.05) is 25.6 Å². The molecule has 2 aliphatic rings. The summed E-state index contributed by atoms with van der Waals surface area (Å²) in [5.41, 5.74) is 5.97. The molecule has 1 aliphatic carbocycles. The van der Waals surface area contributed by atoms with Crippen molar-refractivity contribution in [2.24, 2.45) is 11.7 Å². The number of nitrogens with zero attached hydrogens (tertiary/aromatic N) is 1. The maximum Gasteiger partial charge on any atom is 0.244 e. The molecule has 5 heteroatoms. The minimum absolute atomic E-state index is 0.00538. The van der Waals surface area contributed by atoms with Crippen molar-refractivity contribution in [2.75, 3.05) is 13.1 Å². The summed E-state index contributed by atoms with van der Waals surface area (Å²) in [6.07, 6.45) is 8.07. The number of nitrogens with two attached hydrogens (primary N) is 1. The maximum atomic E-state index is 12.1. The van der Waals surface area contributed by atoms with Gasteiger partial charge in [0.1, 0.15) is 6.04 Å². The van der Waals surface area contributed by atoms with Gasteiger partial charge in [0.25, 0.3) is 0 Å². The average Bonchev–Trinajstić information content (AvgIpc) is 2.98. The van der Waals surface area contributed by atoms with E-state index in [9.17, 15) is 9.59 Å². The fraction of sp³-hybridized carbons (Fsp3) is 0.875. The number of nitrogens with one attached hydrogen (secondary N) is 1. The first-order valence-corrected chi connectivity index (χ1v) is 8.40. The van der Waals surface area contributed by atoms with Crippen LogP contribution in [0.5, 0.6) is 0 Å². The smallest absolute Gasteiger partial charge is 0.244 e. The van der Waals surface area contributed by atoms with Crippen LogP contribution < -0.4 is 11.1 Å². The number of carbonyl (C=O) groups excluding carboxylic acids is 2. The van der Waals surface area contributed by atoms with Gasteiger partial charge in [-0.3, -0.25) is 9.59 Å². The van der Waals surface area contributed by atoms with Gasteiger partial charge < -0.3 is 16.0 Å². The maximum absolute atomic E-state index is 12.1. The van der Waals surface area contributed by atoms with Gasteiger partial charge in [0.15, 0.2) is 0 Å². The zero-order chi connectivity index (χ0) is 15.2. The first kappa shape index (κ1) is 16.3. The van der Waals surface area contributed by atoms with E-state index in [-0.39, 0.29) is 11.8 Å². The molecule has 21 heavy (non-hydrogen) atoms. The van der Waals surface area contributed by atoms with E-state index in [1.54, 1.807) is 6.92 Å². The third-order valence-corrected chi connectivity index (χ3v) is 4.77. The molecule has 1 aliphatic heterocycles. The summed E-state index contributed by atoms with van der Waals surface area (Å²) in [4.78, 5) is 26.0. The van der Waals surface area contributed by atoms with E-state index in [1.165, 1.54) is 12.8 Å². The van der Waals surface area contributed by atoms with Crippen molar-refractivity contribution in [1.82, 2.24) is 10.2 Å². The highest BCUT2D eigenvalue weighted by molar-refractivity contribution is 5.87. The van der Waals surface area contributed by atoms with Crippen molar-refractivity contribution < 1.29 is 9.59 Å². The van der Waals surface area contributed by atoms with Crippen molar-refractivity contribution in [3.8, 4) is 0 Å². The van der Waals surface area contributed by atoms with Crippen LogP contribution in [0.2, 0.25) is 0 Å². The summed E-state index contributed by atoms with van der Waals surface area (Å²) in [7, 11) is 0. The van der Waals surface area contributed by atoms with E-state index >= 15 is 0 Å². The summed E-state index contributed by atoms with van der Waals surface area (Å²) >= 11 is 0. The number of carbonyl (C=O) groups is 2. The quantitative estimate of drug-likeness (QED) is 0.805. The van der Waals surface area contributed by atoms with Crippen molar-refractivity contribution in [3.05, 3.63) is 0 Å². The predicted octanol–water partition coefficient (Wildman–Crippen LogP) is 1.41. The highest BCUT2D eigenvalue weighted by Crippen LogP contribution is 2.26. The lowest BCUT2D eigenvalue weighted by molar-refractivity contribution is -0.135. The molecular weight excluding hydrogens is 266 g/mol. The standard InChI is InChI=1S/C16H29N3O2/c1-12(16(21)19-9-2-3-10-19)18-15(20)8-7-13-5-4-6-14(17)11-13/h12-14H,2-11,17H2,1H3,(H,18,20). The highest BCUT2D eigenvalue weighted by atomic mass is 16.2. The molecule has 2 fully saturated rings. The van der Waals surface area contributed by atoms with E-state index in [2.05, 4.69) is 5.32 Å². The van der Waals surface area contributed by atoms with Crippen LogP contribution in [-0.4, -0.2) is 41.9 Å². The van der Waals surface area contributed by atoms with Crippen LogP contribution >= 0.6 is 0 Å². The van der Waals surface area contributed by atoms with Crippen LogP contribution in [0.25, 0.3) is 0 Å². The lowest BCUT2D eigenvalue weighted by atomic mass is 9.83. The Hall–Kier alpha value is -1.10. The van der Waals surface area contributed by atoms with Gasteiger partial charge in [-0.2, -0.15) is 0 Å². The van der Waals surface area contributed by atoms with Gasteiger partial charge in [-0.25, -0.2) is 0 Å². The monoisotopic (exact) mass is 295 g/mol. The zero-order valence-electron chi connectivity index (χ0n) is 13.1. The van der Waals surface area contributed by atoms with E-state index in [1.807, 2.05) is 4.90 Å². The van der Waals surface area contributed by atoms with Gasteiger partial charge in [0.2, 0.25) is 11.8 Å². The Morgan fingerprint density at radius 1 is 1.24 bits per heavy atom. The van der Waals surface area contributed by atoms with E-state index in [0.29, 0.717) is 18.4 Å². The molecule has 5 nitrogen and oxygen atoms in total. The van der Waals surface area contributed by atoms with Gasteiger partial charge in [-0.1, -0.05) is 12.8 Å². The van der Waals surface area contributed by atoms with Crippen molar-refractivity contribution in [3.63, 3.8) is 0 Å². The SMILES string of the molecule is CC(NC(=O)CCC1CCCC(N)C1)C(=O)N1CCCC1. The molecule has 3 atom stereocenters. The third kappa shape index (κ3) is 4.99. The molecule has 0 aromatic rings. The summed E-state index contributed by atoms with van der Waals surface area (Å²) in [5, 5.41) is 2.85. The molecule has 0 bridgehead atoms. The van der Waals surface area contributed by atoms with Crippen LogP contribution in [0.15, 0.2) is 0 Å². The van der Waals surface area contributed by atoms with E-state index in [0.717, 1.165) is 45.2 Å². The second kappa shape index (κ2) is 7.78. The number of likely N-dealkylation sites (tertiary alicyclic amines) is 1. The van der Waals surface area contributed by atoms with Gasteiger partial charge in [0.05, 0.1) is 0 Å². The Balaban J connectivity index is 1.67. The van der Waals surface area contributed by atoms with Crippen LogP contribution in [0.1, 0.15) is 58.3 Å². The Kier molecular flexibility index (Phi) is 6.03. The molecule has 0 spiro atoms. The lowest BCUT2D eigenvalue weighted by Gasteiger charge is -2.26. The molecule has 2 rings (SSSR count). The molecular formula is C16H29N3O2. The molecule has 2 amide bonds. The average molecular weight is 295 g/mol. The van der Waals surface area contributed by atoms with Gasteiger partial charge in [-0.15, -0.1) is 0 Å². The second-order valence-corrected chi connectivity index (χ2v) is 6.65. The Morgan fingerprint density at radius 2 is 1.95 bits per heavy atom. The molecule has 0 aromatic carbocycles. The van der Waals surface area contributed by atoms with Crippen LogP contribution in [0.4, 0.5) is 0 Å². The van der Waals surface area contributed by atoms with Crippen molar-refractivity contribution >= 4 is 11.8 Å². The highest BCUT2D eigenvalue weighted by Gasteiger charge is 2.25. The fourth-order valence-corrected chi connectivity index (χ4v) is 3.52. The Labute approximate surface area is 127 Å². The second-order valence-electron chi connectivity index (χ2n) is 6.65. The third-order valence-electron chi connectivity index (χ3n) is 4.77. The molecule has 0 aromatic heterocycles. The minimum atomic E-state index is -0.399. The zero-order valence-corrected chi connectivity index (χ0v) is 13.1. The van der Waals surface area contributed by atoms with Crippen LogP contribution in [-0.2, 0) is 9.59 Å². The molecule has 3 N–H and O–H groups in total. The summed E-state index contributed by atoms with van der Waals surface area (Å²) < 4.78 is 0. The van der Waals surface area contributed by atoms with Crippen LogP contribution in [0, 0.1) is 5.92 Å². The number of hydrogen-bond acceptors (Lipinski definition) is 3. The molecule has 1 saturated heterocycles. The largest absolute Gasteiger partial charge is 0.345 e. The van der Waals surface area contributed by atoms with Gasteiger partial charge in [-0.05, 0) is 44.9 Å².